The number of hydrogen-bond acceptors (Lipinski definition) is 5. The predicted molar refractivity (Wildman–Crippen MR) is 116 cm³/mol. The molecule has 1 aromatic heterocycles. The minimum Gasteiger partial charge on any atom is -0.355 e. The molecule has 4 rings (SSSR count). The van der Waals surface area contributed by atoms with Crippen LogP contribution in [0.5, 0.6) is 0 Å². The van der Waals surface area contributed by atoms with Crippen LogP contribution in [0.25, 0.3) is 22.5 Å². The molecule has 0 spiro atoms. The summed E-state index contributed by atoms with van der Waals surface area (Å²) in [7, 11) is -3.25. The monoisotopic (exact) mass is 444 g/mol. The van der Waals surface area contributed by atoms with Crippen molar-refractivity contribution in [2.24, 2.45) is 0 Å². The van der Waals surface area contributed by atoms with E-state index in [1.54, 1.807) is 30.5 Å². The average molecular weight is 445 g/mol. The minimum absolute atomic E-state index is 0.103. The Hall–Kier alpha value is -2.91. The van der Waals surface area contributed by atoms with Gasteiger partial charge in [-0.3, -0.25) is 4.98 Å². The van der Waals surface area contributed by atoms with E-state index in [-0.39, 0.29) is 17.7 Å². The zero-order valence-corrected chi connectivity index (χ0v) is 17.7. The number of benzene rings is 2. The Morgan fingerprint density at radius 1 is 0.903 bits per heavy atom. The van der Waals surface area contributed by atoms with Gasteiger partial charge in [-0.05, 0) is 61.4 Å². The summed E-state index contributed by atoms with van der Waals surface area (Å²) in [5.74, 6) is -0.0399. The van der Waals surface area contributed by atoms with E-state index in [1.165, 1.54) is 24.3 Å². The molecule has 0 saturated carbocycles. The molecule has 1 aliphatic rings. The Labute approximate surface area is 180 Å². The lowest BCUT2D eigenvalue weighted by Crippen LogP contribution is -2.44. The normalized spacial score (nSPS) is 15.3. The average Bonchev–Trinajstić information content (AvgIpc) is 2.74. The highest BCUT2D eigenvalue weighted by atomic mass is 32.2. The molecule has 6 nitrogen and oxygen atoms in total. The highest BCUT2D eigenvalue weighted by Crippen LogP contribution is 2.31. The molecule has 9 heteroatoms. The van der Waals surface area contributed by atoms with E-state index in [0.717, 1.165) is 6.26 Å². The van der Waals surface area contributed by atoms with Crippen LogP contribution >= 0.6 is 0 Å². The number of aromatic nitrogens is 2. The zero-order chi connectivity index (χ0) is 22.0. The van der Waals surface area contributed by atoms with Gasteiger partial charge in [0.05, 0.1) is 23.8 Å². The number of hydrogen-bond donors (Lipinski definition) is 1. The van der Waals surface area contributed by atoms with Crippen molar-refractivity contribution in [1.82, 2.24) is 14.7 Å². The van der Waals surface area contributed by atoms with Crippen LogP contribution in [0, 0.1) is 11.6 Å². The lowest BCUT2D eigenvalue weighted by atomic mass is 10.0. The Morgan fingerprint density at radius 2 is 1.42 bits per heavy atom. The van der Waals surface area contributed by atoms with Crippen molar-refractivity contribution in [1.29, 1.82) is 0 Å². The van der Waals surface area contributed by atoms with Gasteiger partial charge in [-0.1, -0.05) is 0 Å². The van der Waals surface area contributed by atoms with Crippen molar-refractivity contribution >= 4 is 15.8 Å². The molecule has 162 valence electrons. The molecule has 0 amide bonds. The molecule has 0 aliphatic carbocycles. The van der Waals surface area contributed by atoms with Crippen LogP contribution in [0.2, 0.25) is 0 Å². The van der Waals surface area contributed by atoms with Crippen LogP contribution in [0.1, 0.15) is 12.8 Å². The quantitative estimate of drug-likeness (QED) is 0.651. The van der Waals surface area contributed by atoms with Crippen molar-refractivity contribution in [2.45, 2.75) is 18.9 Å². The third-order valence-electron chi connectivity index (χ3n) is 5.19. The van der Waals surface area contributed by atoms with Crippen molar-refractivity contribution in [3.05, 3.63) is 66.4 Å². The molecule has 31 heavy (non-hydrogen) atoms. The molecule has 1 aliphatic heterocycles. The van der Waals surface area contributed by atoms with Gasteiger partial charge < -0.3 is 4.90 Å². The summed E-state index contributed by atoms with van der Waals surface area (Å²) >= 11 is 0. The van der Waals surface area contributed by atoms with Gasteiger partial charge in [0, 0.05) is 30.3 Å². The molecule has 3 aromatic rings. The number of rotatable bonds is 5. The molecule has 0 unspecified atom stereocenters. The first-order valence-corrected chi connectivity index (χ1v) is 11.8. The van der Waals surface area contributed by atoms with Gasteiger partial charge in [-0.15, -0.1) is 0 Å². The zero-order valence-electron chi connectivity index (χ0n) is 16.9. The molecular formula is C22H22F2N4O2S. The molecular weight excluding hydrogens is 422 g/mol. The fourth-order valence-corrected chi connectivity index (χ4v) is 4.53. The Bertz CT molecular complexity index is 1160. The fourth-order valence-electron chi connectivity index (χ4n) is 3.69. The molecule has 1 saturated heterocycles. The number of halogens is 2. The smallest absolute Gasteiger partial charge is 0.208 e. The summed E-state index contributed by atoms with van der Waals surface area (Å²) in [5, 5.41) is 0. The first-order valence-electron chi connectivity index (χ1n) is 9.90. The van der Waals surface area contributed by atoms with Crippen molar-refractivity contribution in [3.63, 3.8) is 0 Å². The maximum Gasteiger partial charge on any atom is 0.208 e. The van der Waals surface area contributed by atoms with Crippen LogP contribution in [0.15, 0.2) is 54.7 Å². The van der Waals surface area contributed by atoms with Gasteiger partial charge in [0.1, 0.15) is 17.5 Å². The van der Waals surface area contributed by atoms with Gasteiger partial charge in [0.15, 0.2) is 0 Å². The van der Waals surface area contributed by atoms with E-state index in [4.69, 9.17) is 4.98 Å². The lowest BCUT2D eigenvalue weighted by molar-refractivity contribution is 0.460. The summed E-state index contributed by atoms with van der Waals surface area (Å²) in [6, 6.07) is 11.9. The third-order valence-corrected chi connectivity index (χ3v) is 5.96. The second-order valence-corrected chi connectivity index (χ2v) is 9.37. The number of piperidine rings is 1. The van der Waals surface area contributed by atoms with E-state index >= 15 is 0 Å². The molecule has 1 fully saturated rings. The molecule has 0 bridgehead atoms. The first-order chi connectivity index (χ1) is 14.8. The van der Waals surface area contributed by atoms with E-state index < -0.39 is 10.0 Å². The SMILES string of the molecule is CS(=O)(=O)NC1CCN(c2cnc(-c3ccc(F)cc3)c(-c3ccc(F)cc3)n2)CC1. The number of anilines is 1. The van der Waals surface area contributed by atoms with E-state index in [0.29, 0.717) is 54.3 Å². The summed E-state index contributed by atoms with van der Waals surface area (Å²) in [4.78, 5) is 11.5. The second kappa shape index (κ2) is 8.68. The highest BCUT2D eigenvalue weighted by molar-refractivity contribution is 7.88. The molecule has 2 heterocycles. The van der Waals surface area contributed by atoms with Gasteiger partial charge in [0.2, 0.25) is 10.0 Å². The van der Waals surface area contributed by atoms with Gasteiger partial charge in [-0.25, -0.2) is 26.9 Å². The minimum atomic E-state index is -3.25. The Kier molecular flexibility index (Phi) is 5.97. The summed E-state index contributed by atoms with van der Waals surface area (Å²) in [6.07, 6.45) is 4.13. The predicted octanol–water partition coefficient (Wildman–Crippen LogP) is 3.61. The molecule has 0 radical (unpaired) electrons. The number of nitrogens with zero attached hydrogens (tertiary/aromatic N) is 3. The van der Waals surface area contributed by atoms with Crippen LogP contribution in [-0.4, -0.2) is 43.8 Å². The number of sulfonamides is 1. The van der Waals surface area contributed by atoms with Crippen LogP contribution in [-0.2, 0) is 10.0 Å². The summed E-state index contributed by atoms with van der Waals surface area (Å²) < 4.78 is 52.4. The molecule has 1 N–H and O–H groups in total. The highest BCUT2D eigenvalue weighted by Gasteiger charge is 2.23. The summed E-state index contributed by atoms with van der Waals surface area (Å²) in [5.41, 5.74) is 2.55. The topological polar surface area (TPSA) is 75.2 Å². The van der Waals surface area contributed by atoms with E-state index in [1.807, 2.05) is 0 Å². The van der Waals surface area contributed by atoms with E-state index in [9.17, 15) is 17.2 Å². The number of nitrogens with one attached hydrogen (secondary N) is 1. The van der Waals surface area contributed by atoms with Crippen LogP contribution in [0.3, 0.4) is 0 Å². The largest absolute Gasteiger partial charge is 0.355 e. The maximum atomic E-state index is 13.5. The van der Waals surface area contributed by atoms with Crippen molar-refractivity contribution < 1.29 is 17.2 Å². The van der Waals surface area contributed by atoms with Gasteiger partial charge in [0.25, 0.3) is 0 Å². The second-order valence-electron chi connectivity index (χ2n) is 7.59. The Morgan fingerprint density at radius 3 is 1.94 bits per heavy atom. The molecule has 0 atom stereocenters. The molecule has 2 aromatic carbocycles. The van der Waals surface area contributed by atoms with Crippen molar-refractivity contribution in [3.8, 4) is 22.5 Å². The van der Waals surface area contributed by atoms with E-state index in [2.05, 4.69) is 14.6 Å². The van der Waals surface area contributed by atoms with Gasteiger partial charge >= 0.3 is 0 Å². The van der Waals surface area contributed by atoms with Gasteiger partial charge in [-0.2, -0.15) is 0 Å². The fraction of sp³-hybridized carbons (Fsp3) is 0.273. The lowest BCUT2D eigenvalue weighted by Gasteiger charge is -2.32. The van der Waals surface area contributed by atoms with Crippen LogP contribution < -0.4 is 9.62 Å². The first kappa shape index (κ1) is 21.3. The Balaban J connectivity index is 1.65. The summed E-state index contributed by atoms with van der Waals surface area (Å²) in [6.45, 7) is 1.25. The standard InChI is InChI=1S/C22H22F2N4O2S/c1-31(29,30)27-19-10-12-28(13-11-19)20-14-25-21(15-2-6-17(23)7-3-15)22(26-20)16-4-8-18(24)9-5-16/h2-9,14,19,27H,10-13H2,1H3. The maximum absolute atomic E-state index is 13.5. The van der Waals surface area contributed by atoms with Crippen molar-refractivity contribution in [2.75, 3.05) is 24.2 Å². The third kappa shape index (κ3) is 5.23. The van der Waals surface area contributed by atoms with Crippen LogP contribution in [0.4, 0.5) is 14.6 Å².